The second-order valence-electron chi connectivity index (χ2n) is 5.03. The SMILES string of the molecule is Cc1ccc(C(=O)N[C@H](C)COc2cccc(F)c2)c(=O)[nH]1. The maximum absolute atomic E-state index is 13.0. The second-order valence-corrected chi connectivity index (χ2v) is 5.03. The molecule has 116 valence electrons. The van der Waals surface area contributed by atoms with Gasteiger partial charge in [0, 0.05) is 11.8 Å². The number of ether oxygens (including phenoxy) is 1. The highest BCUT2D eigenvalue weighted by molar-refractivity contribution is 5.93. The van der Waals surface area contributed by atoms with Crippen LogP contribution in [0.15, 0.2) is 41.2 Å². The topological polar surface area (TPSA) is 71.2 Å². The molecule has 0 spiro atoms. The molecule has 1 aromatic carbocycles. The summed E-state index contributed by atoms with van der Waals surface area (Å²) >= 11 is 0. The molecule has 0 aliphatic carbocycles. The van der Waals surface area contributed by atoms with E-state index < -0.39 is 11.5 Å². The van der Waals surface area contributed by atoms with E-state index in [1.54, 1.807) is 32.0 Å². The summed E-state index contributed by atoms with van der Waals surface area (Å²) in [6.45, 7) is 3.64. The van der Waals surface area contributed by atoms with E-state index in [1.165, 1.54) is 18.2 Å². The van der Waals surface area contributed by atoms with Gasteiger partial charge in [0.15, 0.2) is 0 Å². The van der Waals surface area contributed by atoms with Crippen molar-refractivity contribution in [2.24, 2.45) is 0 Å². The fourth-order valence-electron chi connectivity index (χ4n) is 1.87. The number of carbonyl (C=O) groups excluding carboxylic acids is 1. The molecule has 2 N–H and O–H groups in total. The Labute approximate surface area is 127 Å². The third-order valence-electron chi connectivity index (χ3n) is 2.97. The van der Waals surface area contributed by atoms with Crippen molar-refractivity contribution in [3.63, 3.8) is 0 Å². The maximum Gasteiger partial charge on any atom is 0.260 e. The number of aromatic nitrogens is 1. The van der Waals surface area contributed by atoms with Gasteiger partial charge < -0.3 is 15.0 Å². The van der Waals surface area contributed by atoms with Crippen molar-refractivity contribution in [2.75, 3.05) is 6.61 Å². The Morgan fingerprint density at radius 2 is 2.14 bits per heavy atom. The van der Waals surface area contributed by atoms with E-state index in [9.17, 15) is 14.0 Å². The van der Waals surface area contributed by atoms with Crippen LogP contribution in [0, 0.1) is 12.7 Å². The minimum absolute atomic E-state index is 0.0446. The Hall–Kier alpha value is -2.63. The molecule has 2 aromatic rings. The Bertz CT molecular complexity index is 727. The Balaban J connectivity index is 1.92. The van der Waals surface area contributed by atoms with Gasteiger partial charge in [-0.05, 0) is 38.1 Å². The minimum atomic E-state index is -0.475. The third kappa shape index (κ3) is 4.18. The number of aromatic amines is 1. The van der Waals surface area contributed by atoms with Gasteiger partial charge in [-0.3, -0.25) is 9.59 Å². The zero-order valence-corrected chi connectivity index (χ0v) is 12.4. The summed E-state index contributed by atoms with van der Waals surface area (Å²) < 4.78 is 18.4. The average molecular weight is 304 g/mol. The van der Waals surface area contributed by atoms with Gasteiger partial charge >= 0.3 is 0 Å². The lowest BCUT2D eigenvalue weighted by molar-refractivity contribution is 0.0925. The molecule has 1 aromatic heterocycles. The van der Waals surface area contributed by atoms with Crippen LogP contribution in [0.2, 0.25) is 0 Å². The lowest BCUT2D eigenvalue weighted by atomic mass is 10.2. The fourth-order valence-corrected chi connectivity index (χ4v) is 1.87. The normalized spacial score (nSPS) is 11.8. The summed E-state index contributed by atoms with van der Waals surface area (Å²) in [5.41, 5.74) is 0.294. The summed E-state index contributed by atoms with van der Waals surface area (Å²) in [5.74, 6) is -0.480. The number of hydrogen-bond acceptors (Lipinski definition) is 3. The predicted molar refractivity (Wildman–Crippen MR) is 80.6 cm³/mol. The van der Waals surface area contributed by atoms with Gasteiger partial charge in [0.25, 0.3) is 11.5 Å². The van der Waals surface area contributed by atoms with Crippen molar-refractivity contribution in [1.29, 1.82) is 0 Å². The van der Waals surface area contributed by atoms with Crippen molar-refractivity contribution in [1.82, 2.24) is 10.3 Å². The highest BCUT2D eigenvalue weighted by Crippen LogP contribution is 2.12. The molecule has 22 heavy (non-hydrogen) atoms. The number of aryl methyl sites for hydroxylation is 1. The Morgan fingerprint density at radius 1 is 1.36 bits per heavy atom. The molecule has 0 fully saturated rings. The standard InChI is InChI=1S/C16H17FN2O3/c1-10-6-7-14(15(20)18-10)16(21)19-11(2)9-22-13-5-3-4-12(17)8-13/h3-8,11H,9H2,1-2H3,(H,18,20)(H,19,21)/t11-/m1/s1. The molecule has 0 bridgehead atoms. The Kier molecular flexibility index (Phi) is 4.93. The van der Waals surface area contributed by atoms with Gasteiger partial charge in [-0.1, -0.05) is 6.07 Å². The minimum Gasteiger partial charge on any atom is -0.491 e. The zero-order chi connectivity index (χ0) is 16.1. The number of benzene rings is 1. The second kappa shape index (κ2) is 6.89. The molecule has 0 aliphatic rings. The fraction of sp³-hybridized carbons (Fsp3) is 0.250. The van der Waals surface area contributed by atoms with E-state index in [0.717, 1.165) is 0 Å². The summed E-state index contributed by atoms with van der Waals surface area (Å²) in [6, 6.07) is 8.55. The summed E-state index contributed by atoms with van der Waals surface area (Å²) in [6.07, 6.45) is 0. The van der Waals surface area contributed by atoms with Gasteiger partial charge in [0.2, 0.25) is 0 Å². The molecule has 1 heterocycles. The maximum atomic E-state index is 13.0. The number of carbonyl (C=O) groups is 1. The first-order chi connectivity index (χ1) is 10.5. The van der Waals surface area contributed by atoms with Crippen LogP contribution in [0.4, 0.5) is 4.39 Å². The van der Waals surface area contributed by atoms with E-state index in [0.29, 0.717) is 11.4 Å². The molecule has 0 unspecified atom stereocenters. The number of hydrogen-bond donors (Lipinski definition) is 2. The van der Waals surface area contributed by atoms with Crippen molar-refractivity contribution < 1.29 is 13.9 Å². The number of rotatable bonds is 5. The van der Waals surface area contributed by atoms with Gasteiger partial charge in [-0.25, -0.2) is 4.39 Å². The molecule has 0 radical (unpaired) electrons. The highest BCUT2D eigenvalue weighted by atomic mass is 19.1. The lowest BCUT2D eigenvalue weighted by Crippen LogP contribution is -2.39. The van der Waals surface area contributed by atoms with Crippen LogP contribution in [0.5, 0.6) is 5.75 Å². The van der Waals surface area contributed by atoms with Crippen molar-refractivity contribution in [2.45, 2.75) is 19.9 Å². The molecule has 2 rings (SSSR count). The number of amides is 1. The lowest BCUT2D eigenvalue weighted by Gasteiger charge is -2.15. The number of nitrogens with one attached hydrogen (secondary N) is 2. The van der Waals surface area contributed by atoms with Crippen LogP contribution in [0.3, 0.4) is 0 Å². The third-order valence-corrected chi connectivity index (χ3v) is 2.97. The molecule has 1 atom stereocenters. The van der Waals surface area contributed by atoms with Crippen molar-refractivity contribution in [3.05, 3.63) is 63.8 Å². The van der Waals surface area contributed by atoms with Crippen LogP contribution >= 0.6 is 0 Å². The first-order valence-electron chi connectivity index (χ1n) is 6.85. The molecule has 5 nitrogen and oxygen atoms in total. The monoisotopic (exact) mass is 304 g/mol. The zero-order valence-electron chi connectivity index (χ0n) is 12.4. The highest BCUT2D eigenvalue weighted by Gasteiger charge is 2.13. The molecule has 6 heteroatoms. The average Bonchev–Trinajstić information content (AvgIpc) is 2.45. The Morgan fingerprint density at radius 3 is 2.82 bits per heavy atom. The smallest absolute Gasteiger partial charge is 0.260 e. The quantitative estimate of drug-likeness (QED) is 0.888. The predicted octanol–water partition coefficient (Wildman–Crippen LogP) is 2.02. The first-order valence-corrected chi connectivity index (χ1v) is 6.85. The van der Waals surface area contributed by atoms with Crippen LogP contribution in [-0.2, 0) is 0 Å². The van der Waals surface area contributed by atoms with Gasteiger partial charge in [0.05, 0.1) is 6.04 Å². The van der Waals surface area contributed by atoms with Crippen LogP contribution < -0.4 is 15.6 Å². The van der Waals surface area contributed by atoms with E-state index in [-0.39, 0.29) is 24.0 Å². The van der Waals surface area contributed by atoms with Crippen molar-refractivity contribution in [3.8, 4) is 5.75 Å². The van der Waals surface area contributed by atoms with Crippen LogP contribution in [-0.4, -0.2) is 23.5 Å². The molecule has 0 aliphatic heterocycles. The van der Waals surface area contributed by atoms with E-state index in [4.69, 9.17) is 4.74 Å². The van der Waals surface area contributed by atoms with Crippen molar-refractivity contribution >= 4 is 5.91 Å². The molecular formula is C16H17FN2O3. The largest absolute Gasteiger partial charge is 0.491 e. The first kappa shape index (κ1) is 15.8. The van der Waals surface area contributed by atoms with E-state index in [2.05, 4.69) is 10.3 Å². The summed E-state index contributed by atoms with van der Waals surface area (Å²) in [7, 11) is 0. The molecule has 1 amide bonds. The van der Waals surface area contributed by atoms with Crippen LogP contribution in [0.1, 0.15) is 23.0 Å². The van der Waals surface area contributed by atoms with Gasteiger partial charge in [0.1, 0.15) is 23.7 Å². The molecule has 0 saturated carbocycles. The number of halogens is 1. The van der Waals surface area contributed by atoms with E-state index in [1.807, 2.05) is 0 Å². The van der Waals surface area contributed by atoms with Gasteiger partial charge in [-0.15, -0.1) is 0 Å². The van der Waals surface area contributed by atoms with E-state index >= 15 is 0 Å². The summed E-state index contributed by atoms with van der Waals surface area (Å²) in [4.78, 5) is 26.3. The molecule has 0 saturated heterocycles. The van der Waals surface area contributed by atoms with Gasteiger partial charge in [-0.2, -0.15) is 0 Å². The number of H-pyrrole nitrogens is 1. The molecular weight excluding hydrogens is 287 g/mol. The van der Waals surface area contributed by atoms with Crippen LogP contribution in [0.25, 0.3) is 0 Å². The summed E-state index contributed by atoms with van der Waals surface area (Å²) in [5, 5.41) is 2.66. The number of pyridine rings is 1.